The van der Waals surface area contributed by atoms with E-state index < -0.39 is 0 Å². The molecular formula is C20H17N5O2S2. The number of carbonyl (C=O) groups is 1. The van der Waals surface area contributed by atoms with E-state index in [0.717, 1.165) is 14.9 Å². The molecule has 2 heterocycles. The first-order valence-corrected chi connectivity index (χ1v) is 10.6. The van der Waals surface area contributed by atoms with E-state index in [9.17, 15) is 9.59 Å². The second kappa shape index (κ2) is 8.54. The van der Waals surface area contributed by atoms with E-state index in [-0.39, 0.29) is 24.4 Å². The molecule has 0 fully saturated rings. The zero-order valence-corrected chi connectivity index (χ0v) is 17.2. The number of fused-ring (bicyclic) bond motifs is 1. The number of nitrogens with one attached hydrogen (secondary N) is 1. The molecule has 0 spiro atoms. The first-order valence-electron chi connectivity index (χ1n) is 8.91. The number of carbonyl (C=O) groups excluding carboxylic acids is 1. The number of rotatable bonds is 6. The number of aromatic nitrogens is 4. The lowest BCUT2D eigenvalue weighted by atomic mass is 10.2. The summed E-state index contributed by atoms with van der Waals surface area (Å²) in [7, 11) is 0. The summed E-state index contributed by atoms with van der Waals surface area (Å²) < 4.78 is 2.21. The average molecular weight is 424 g/mol. The molecule has 2 aromatic carbocycles. The van der Waals surface area contributed by atoms with Crippen molar-refractivity contribution in [2.75, 3.05) is 5.32 Å². The molecule has 0 radical (unpaired) electrons. The standard InChI is InChI=1S/C20H17N5O2S2/c1-13-12-28-20(21-13)29-15-8-6-14(7-9-15)22-18(26)10-11-25-19(27)16-4-2-3-5-17(16)23-24-25/h2-9,12H,10-11H2,1H3,(H,22,26). The first kappa shape index (κ1) is 19.3. The number of nitrogens with zero attached hydrogens (tertiary/aromatic N) is 4. The zero-order chi connectivity index (χ0) is 20.2. The van der Waals surface area contributed by atoms with Gasteiger partial charge in [0.2, 0.25) is 5.91 Å². The van der Waals surface area contributed by atoms with Crippen molar-refractivity contribution in [2.45, 2.75) is 29.1 Å². The van der Waals surface area contributed by atoms with Gasteiger partial charge in [-0.1, -0.05) is 29.1 Å². The maximum Gasteiger partial charge on any atom is 0.277 e. The summed E-state index contributed by atoms with van der Waals surface area (Å²) in [4.78, 5) is 30.1. The van der Waals surface area contributed by atoms with Crippen LogP contribution in [0.1, 0.15) is 12.1 Å². The topological polar surface area (TPSA) is 89.8 Å². The van der Waals surface area contributed by atoms with Gasteiger partial charge < -0.3 is 5.32 Å². The molecule has 0 unspecified atom stereocenters. The van der Waals surface area contributed by atoms with Crippen LogP contribution in [0.2, 0.25) is 0 Å². The van der Waals surface area contributed by atoms with Crippen molar-refractivity contribution in [1.29, 1.82) is 0 Å². The van der Waals surface area contributed by atoms with Crippen molar-refractivity contribution in [3.8, 4) is 0 Å². The minimum atomic E-state index is -0.248. The lowest BCUT2D eigenvalue weighted by Crippen LogP contribution is -2.26. The van der Waals surface area contributed by atoms with Crippen molar-refractivity contribution in [1.82, 2.24) is 20.0 Å². The second-order valence-corrected chi connectivity index (χ2v) is 8.49. The third kappa shape index (κ3) is 4.69. The Morgan fingerprint density at radius 3 is 2.72 bits per heavy atom. The Kier molecular flexibility index (Phi) is 5.68. The van der Waals surface area contributed by atoms with Gasteiger partial charge in [-0.05, 0) is 43.3 Å². The lowest BCUT2D eigenvalue weighted by Gasteiger charge is -2.07. The number of hydrogen-bond donors (Lipinski definition) is 1. The quantitative estimate of drug-likeness (QED) is 0.508. The van der Waals surface area contributed by atoms with Gasteiger partial charge in [0, 0.05) is 28.1 Å². The molecule has 7 nitrogen and oxygen atoms in total. The minimum Gasteiger partial charge on any atom is -0.326 e. The van der Waals surface area contributed by atoms with Crippen LogP contribution in [0.4, 0.5) is 5.69 Å². The largest absolute Gasteiger partial charge is 0.326 e. The predicted molar refractivity (Wildman–Crippen MR) is 114 cm³/mol. The van der Waals surface area contributed by atoms with E-state index in [1.807, 2.05) is 36.6 Å². The summed E-state index contributed by atoms with van der Waals surface area (Å²) in [5, 5.41) is 13.3. The average Bonchev–Trinajstić information content (AvgIpc) is 3.14. The Hall–Kier alpha value is -3.04. The number of aryl methyl sites for hydroxylation is 2. The third-order valence-corrected chi connectivity index (χ3v) is 6.19. The van der Waals surface area contributed by atoms with Crippen molar-refractivity contribution in [3.63, 3.8) is 0 Å². The number of hydrogen-bond acceptors (Lipinski definition) is 7. The smallest absolute Gasteiger partial charge is 0.277 e. The fourth-order valence-electron chi connectivity index (χ4n) is 2.69. The van der Waals surface area contributed by atoms with Gasteiger partial charge in [-0.15, -0.1) is 16.4 Å². The number of amides is 1. The van der Waals surface area contributed by atoms with Crippen molar-refractivity contribution >= 4 is 45.6 Å². The van der Waals surface area contributed by atoms with Gasteiger partial charge in [0.1, 0.15) is 5.52 Å². The number of anilines is 1. The maximum absolute atomic E-state index is 12.4. The van der Waals surface area contributed by atoms with E-state index >= 15 is 0 Å². The molecule has 0 saturated heterocycles. The molecule has 0 atom stereocenters. The highest BCUT2D eigenvalue weighted by molar-refractivity contribution is 8.01. The second-order valence-electron chi connectivity index (χ2n) is 6.31. The Morgan fingerprint density at radius 1 is 1.17 bits per heavy atom. The van der Waals surface area contributed by atoms with Crippen molar-refractivity contribution in [2.24, 2.45) is 0 Å². The zero-order valence-electron chi connectivity index (χ0n) is 15.5. The highest BCUT2D eigenvalue weighted by Crippen LogP contribution is 2.30. The van der Waals surface area contributed by atoms with Gasteiger partial charge in [-0.2, -0.15) is 0 Å². The van der Waals surface area contributed by atoms with Crippen LogP contribution in [-0.2, 0) is 11.3 Å². The molecule has 2 aromatic heterocycles. The van der Waals surface area contributed by atoms with Crippen LogP contribution in [0.15, 0.2) is 67.9 Å². The minimum absolute atomic E-state index is 0.127. The highest BCUT2D eigenvalue weighted by Gasteiger charge is 2.08. The van der Waals surface area contributed by atoms with Crippen LogP contribution in [-0.4, -0.2) is 25.9 Å². The molecule has 4 rings (SSSR count). The van der Waals surface area contributed by atoms with Crippen LogP contribution < -0.4 is 10.9 Å². The summed E-state index contributed by atoms with van der Waals surface area (Å²) in [6.45, 7) is 2.14. The van der Waals surface area contributed by atoms with E-state index in [1.165, 1.54) is 4.68 Å². The highest BCUT2D eigenvalue weighted by atomic mass is 32.2. The fourth-order valence-corrected chi connectivity index (χ4v) is 4.50. The first-order chi connectivity index (χ1) is 14.1. The third-order valence-electron chi connectivity index (χ3n) is 4.12. The van der Waals surface area contributed by atoms with Gasteiger partial charge in [0.05, 0.1) is 11.9 Å². The summed E-state index contributed by atoms with van der Waals surface area (Å²) in [5.74, 6) is -0.192. The Labute approximate surface area is 174 Å². The molecular weight excluding hydrogens is 406 g/mol. The molecule has 0 aliphatic rings. The van der Waals surface area contributed by atoms with E-state index in [0.29, 0.717) is 16.6 Å². The molecule has 0 saturated carbocycles. The molecule has 1 N–H and O–H groups in total. The van der Waals surface area contributed by atoms with Gasteiger partial charge in [0.25, 0.3) is 5.56 Å². The molecule has 29 heavy (non-hydrogen) atoms. The lowest BCUT2D eigenvalue weighted by molar-refractivity contribution is -0.116. The molecule has 0 bridgehead atoms. The number of benzene rings is 2. The molecule has 9 heteroatoms. The monoisotopic (exact) mass is 423 g/mol. The Bertz CT molecular complexity index is 1220. The van der Waals surface area contributed by atoms with E-state index in [1.54, 1.807) is 47.4 Å². The van der Waals surface area contributed by atoms with Crippen LogP contribution in [0, 0.1) is 6.92 Å². The van der Waals surface area contributed by atoms with Crippen molar-refractivity contribution in [3.05, 3.63) is 70.0 Å². The van der Waals surface area contributed by atoms with Gasteiger partial charge in [0.15, 0.2) is 4.34 Å². The molecule has 4 aromatic rings. The van der Waals surface area contributed by atoms with Crippen LogP contribution >= 0.6 is 23.1 Å². The maximum atomic E-state index is 12.4. The van der Waals surface area contributed by atoms with Crippen LogP contribution in [0.25, 0.3) is 10.9 Å². The van der Waals surface area contributed by atoms with Crippen molar-refractivity contribution < 1.29 is 4.79 Å². The van der Waals surface area contributed by atoms with Gasteiger partial charge in [-0.25, -0.2) is 9.67 Å². The van der Waals surface area contributed by atoms with E-state index in [2.05, 4.69) is 20.6 Å². The van der Waals surface area contributed by atoms with Gasteiger partial charge in [-0.3, -0.25) is 9.59 Å². The molecule has 1 amide bonds. The SMILES string of the molecule is Cc1csc(Sc2ccc(NC(=O)CCn3nnc4ccccc4c3=O)cc2)n1. The van der Waals surface area contributed by atoms with Gasteiger partial charge >= 0.3 is 0 Å². The summed E-state index contributed by atoms with van der Waals surface area (Å²) in [6, 6.07) is 14.6. The predicted octanol–water partition coefficient (Wildman–Crippen LogP) is 3.74. The number of thiazole rings is 1. The summed E-state index contributed by atoms with van der Waals surface area (Å²) in [6.07, 6.45) is 0.127. The fraction of sp³-hybridized carbons (Fsp3) is 0.150. The Balaban J connectivity index is 1.35. The van der Waals surface area contributed by atoms with Crippen LogP contribution in [0.3, 0.4) is 0 Å². The molecule has 0 aliphatic heterocycles. The Morgan fingerprint density at radius 2 is 1.97 bits per heavy atom. The normalized spacial score (nSPS) is 10.9. The summed E-state index contributed by atoms with van der Waals surface area (Å²) in [5.41, 5.74) is 2.01. The van der Waals surface area contributed by atoms with Crippen LogP contribution in [0.5, 0.6) is 0 Å². The van der Waals surface area contributed by atoms with E-state index in [4.69, 9.17) is 0 Å². The molecule has 146 valence electrons. The summed E-state index contributed by atoms with van der Waals surface area (Å²) >= 11 is 3.20. The molecule has 0 aliphatic carbocycles.